The highest BCUT2D eigenvalue weighted by Gasteiger charge is 2.56. The van der Waals surface area contributed by atoms with Gasteiger partial charge in [0.1, 0.15) is 11.9 Å². The first-order valence-corrected chi connectivity index (χ1v) is 28.5. The van der Waals surface area contributed by atoms with Gasteiger partial charge in [0.15, 0.2) is 16.6 Å². The van der Waals surface area contributed by atoms with Gasteiger partial charge >= 0.3 is 5.97 Å². The molecule has 1 radical (unpaired) electrons. The van der Waals surface area contributed by atoms with Crippen molar-refractivity contribution >= 4 is 31.6 Å². The van der Waals surface area contributed by atoms with E-state index >= 15 is 0 Å². The first-order valence-electron chi connectivity index (χ1n) is 21.4. The molecule has 0 bridgehead atoms. The second-order valence-corrected chi connectivity index (χ2v) is 30.7. The Morgan fingerprint density at radius 3 is 1.64 bits per heavy atom. The zero-order chi connectivity index (χ0) is 43.2. The number of hydrogen-bond donors (Lipinski definition) is 1. The molecule has 0 aliphatic carbocycles. The predicted molar refractivity (Wildman–Crippen MR) is 238 cm³/mol. The van der Waals surface area contributed by atoms with E-state index in [0.717, 1.165) is 30.1 Å². The molecule has 7 atom stereocenters. The number of aliphatic carboxylic acids is 1. The van der Waals surface area contributed by atoms with Crippen molar-refractivity contribution in [3.8, 4) is 5.75 Å². The molecular weight excluding hydrogens is 757 g/mol. The van der Waals surface area contributed by atoms with Gasteiger partial charge in [-0.2, -0.15) is 0 Å². The van der Waals surface area contributed by atoms with Crippen LogP contribution in [0.1, 0.15) is 115 Å². The lowest BCUT2D eigenvalue weighted by Gasteiger charge is -2.47. The quantitative estimate of drug-likeness (QED) is 0.0652. The summed E-state index contributed by atoms with van der Waals surface area (Å²) in [5.41, 5.74) is 2.15. The normalized spacial score (nSPS) is 17.6. The van der Waals surface area contributed by atoms with Crippen LogP contribution in [0, 0.1) is 23.2 Å². The average molecular weight is 842 g/mol. The Bertz CT molecular complexity index is 1220. The molecule has 1 aromatic carbocycles. The van der Waals surface area contributed by atoms with Gasteiger partial charge in [-0.1, -0.05) is 109 Å². The molecule has 7 unspecified atom stereocenters. The van der Waals surface area contributed by atoms with Crippen molar-refractivity contribution in [2.75, 3.05) is 27.9 Å². The van der Waals surface area contributed by atoms with Crippen LogP contribution < -0.4 is 4.74 Å². The maximum Gasteiger partial charge on any atom is 0.366 e. The van der Waals surface area contributed by atoms with E-state index in [-0.39, 0.29) is 42.0 Å². The lowest BCUT2D eigenvalue weighted by Crippen LogP contribution is -2.62. The number of hydrogen-bond acceptors (Lipinski definition) is 8. The van der Waals surface area contributed by atoms with Gasteiger partial charge in [-0.25, -0.2) is 4.79 Å². The molecule has 0 spiro atoms. The van der Waals surface area contributed by atoms with Gasteiger partial charge in [0.25, 0.3) is 5.79 Å². The third kappa shape index (κ3) is 13.7. The third-order valence-corrected chi connectivity index (χ3v) is 23.9. The molecule has 327 valence electrons. The van der Waals surface area contributed by atoms with E-state index in [1.165, 1.54) is 0 Å². The minimum atomic E-state index is -2.40. The van der Waals surface area contributed by atoms with E-state index in [9.17, 15) is 9.90 Å². The molecule has 0 saturated carbocycles. The smallest absolute Gasteiger partial charge is 0.366 e. The van der Waals surface area contributed by atoms with Gasteiger partial charge in [0, 0.05) is 26.7 Å². The Morgan fingerprint density at radius 2 is 1.27 bits per heavy atom. The predicted octanol–water partition coefficient (Wildman–Crippen LogP) is 11.6. The van der Waals surface area contributed by atoms with Crippen LogP contribution in [-0.4, -0.2) is 88.8 Å². The van der Waals surface area contributed by atoms with E-state index in [0.29, 0.717) is 35.4 Å². The number of ether oxygens (including phenoxy) is 4. The fourth-order valence-electron chi connectivity index (χ4n) is 9.32. The lowest BCUT2D eigenvalue weighted by molar-refractivity contribution is -0.258. The highest BCUT2D eigenvalue weighted by molar-refractivity contribution is 6.77. The summed E-state index contributed by atoms with van der Waals surface area (Å²) in [5.74, 6) is -2.56. The minimum absolute atomic E-state index is 0.0202. The second-order valence-electron chi connectivity index (χ2n) is 18.5. The maximum atomic E-state index is 13.8. The third-order valence-electron chi connectivity index (χ3n) is 12.4. The summed E-state index contributed by atoms with van der Waals surface area (Å²) in [6, 6.07) is 10.0. The van der Waals surface area contributed by atoms with Crippen molar-refractivity contribution < 1.29 is 42.1 Å². The molecule has 56 heavy (non-hydrogen) atoms. The minimum Gasteiger partial charge on any atom is -0.497 e. The van der Waals surface area contributed by atoms with Crippen molar-refractivity contribution in [2.24, 2.45) is 23.2 Å². The van der Waals surface area contributed by atoms with Crippen LogP contribution in [0.4, 0.5) is 0 Å². The Morgan fingerprint density at radius 1 is 0.786 bits per heavy atom. The standard InChI is InChI=1S/C44H85O9Si3/c1-20-55(21-2,22-3)52-41(44(42(45)46,53-54(18)19)50-30-36-23-25-37(47-15)26-24-36)35(11)28-39(49-17)40(43(12,13)14)38(48-16)27-34(10)29-51-56(31(4)5,32(6)7)33(8)9/h23-26,31-35,38-41H,20-22,27-30H2,1-19H3,(H,45,46). The van der Waals surface area contributed by atoms with Gasteiger partial charge in [0.2, 0.25) is 9.04 Å². The van der Waals surface area contributed by atoms with E-state index < -0.39 is 43.5 Å². The summed E-state index contributed by atoms with van der Waals surface area (Å²) in [5, 5.41) is 11.3. The van der Waals surface area contributed by atoms with E-state index in [2.05, 4.69) is 96.9 Å². The Kier molecular flexibility index (Phi) is 22.3. The number of methoxy groups -OCH3 is 3. The second kappa shape index (κ2) is 23.6. The summed E-state index contributed by atoms with van der Waals surface area (Å²) in [4.78, 5) is 13.8. The van der Waals surface area contributed by atoms with Crippen molar-refractivity contribution in [1.29, 1.82) is 0 Å². The molecule has 1 aromatic rings. The van der Waals surface area contributed by atoms with Crippen molar-refractivity contribution in [1.82, 2.24) is 0 Å². The number of carboxylic acid groups (broad SMARTS) is 1. The Hall–Kier alpha value is -1.10. The van der Waals surface area contributed by atoms with Gasteiger partial charge < -0.3 is 37.3 Å². The zero-order valence-corrected chi connectivity index (χ0v) is 42.2. The summed E-state index contributed by atoms with van der Waals surface area (Å²) >= 11 is 0. The van der Waals surface area contributed by atoms with E-state index in [4.69, 9.17) is 32.2 Å². The molecule has 0 heterocycles. The van der Waals surface area contributed by atoms with E-state index in [1.54, 1.807) is 21.3 Å². The first-order chi connectivity index (χ1) is 26.0. The molecule has 0 amide bonds. The SMILES string of the molecule is CC[Si](CC)(CC)OC(C(C)CC(OC)C(C(CC(C)CO[Si](C(C)C)(C(C)C)C(C)C)OC)C(C)(C)C)C(OCc1ccc(OC)cc1)(O[Si](C)C)C(=O)O. The summed E-state index contributed by atoms with van der Waals surface area (Å²) in [7, 11) is -0.826. The Labute approximate surface area is 347 Å². The largest absolute Gasteiger partial charge is 0.497 e. The molecule has 9 nitrogen and oxygen atoms in total. The monoisotopic (exact) mass is 842 g/mol. The van der Waals surface area contributed by atoms with Crippen molar-refractivity contribution in [3.05, 3.63) is 29.8 Å². The fourth-order valence-corrected chi connectivity index (χ4v) is 18.7. The topological polar surface area (TPSA) is 102 Å². The van der Waals surface area contributed by atoms with Gasteiger partial charge in [-0.05, 0) is 95.6 Å². The van der Waals surface area contributed by atoms with Crippen LogP contribution in [0.15, 0.2) is 24.3 Å². The maximum absolute atomic E-state index is 13.8. The number of carboxylic acids is 1. The number of benzene rings is 1. The molecule has 1 rings (SSSR count). The van der Waals surface area contributed by atoms with Crippen LogP contribution in [0.25, 0.3) is 0 Å². The van der Waals surface area contributed by atoms with Crippen LogP contribution in [0.2, 0.25) is 47.8 Å². The molecule has 0 aliphatic rings. The van der Waals surface area contributed by atoms with Crippen molar-refractivity contribution in [3.63, 3.8) is 0 Å². The Balaban J connectivity index is 3.75. The summed E-state index contributed by atoms with van der Waals surface area (Å²) in [6.07, 6.45) is 0.0538. The first kappa shape index (κ1) is 52.9. The number of carbonyl (C=O) groups is 1. The molecule has 1 N–H and O–H groups in total. The molecule has 0 fully saturated rings. The highest BCUT2D eigenvalue weighted by atomic mass is 28.4. The van der Waals surface area contributed by atoms with Crippen LogP contribution in [0.3, 0.4) is 0 Å². The average Bonchev–Trinajstić information content (AvgIpc) is 3.12. The van der Waals surface area contributed by atoms with Gasteiger partial charge in [0.05, 0.1) is 25.9 Å². The molecule has 12 heteroatoms. The summed E-state index contributed by atoms with van der Waals surface area (Å²) < 4.78 is 45.7. The number of rotatable bonds is 28. The van der Waals surface area contributed by atoms with Gasteiger partial charge in [-0.15, -0.1) is 0 Å². The van der Waals surface area contributed by atoms with Crippen molar-refractivity contribution in [2.45, 2.75) is 188 Å². The molecule has 0 aliphatic heterocycles. The van der Waals surface area contributed by atoms with Crippen LogP contribution in [0.5, 0.6) is 5.75 Å². The van der Waals surface area contributed by atoms with Gasteiger partial charge in [-0.3, -0.25) is 0 Å². The van der Waals surface area contributed by atoms with Crippen LogP contribution >= 0.6 is 0 Å². The molecule has 0 aromatic heterocycles. The summed E-state index contributed by atoms with van der Waals surface area (Å²) in [6.45, 7) is 36.2. The van der Waals surface area contributed by atoms with Crippen LogP contribution in [-0.2, 0) is 38.9 Å². The highest BCUT2D eigenvalue weighted by Crippen LogP contribution is 2.44. The lowest BCUT2D eigenvalue weighted by atomic mass is 9.70. The zero-order valence-electron chi connectivity index (χ0n) is 39.2. The fraction of sp³-hybridized carbons (Fsp3) is 0.841. The molecule has 0 saturated heterocycles. The van der Waals surface area contributed by atoms with E-state index in [1.807, 2.05) is 37.4 Å². The molecular formula is C44H85O9Si3.